The number of nitrogens with one attached hydrogen (secondary N) is 2. The number of rotatable bonds is 20. The zero-order chi connectivity index (χ0) is 46.8. The molecule has 9 atom stereocenters. The number of carbonyl (C=O) groups excluding carboxylic acids is 3. The molecule has 0 bridgehead atoms. The molecule has 4 rings (SSSR count). The van der Waals surface area contributed by atoms with Crippen molar-refractivity contribution < 1.29 is 38.5 Å². The predicted octanol–water partition coefficient (Wildman–Crippen LogP) is 12.1. The fourth-order valence-corrected chi connectivity index (χ4v) is 12.4. The summed E-state index contributed by atoms with van der Waals surface area (Å²) in [6.07, 6.45) is 15.3. The highest BCUT2D eigenvalue weighted by atomic mass is 16.6. The molecule has 0 spiro atoms. The van der Waals surface area contributed by atoms with Crippen LogP contribution in [0, 0.1) is 52.3 Å². The molecule has 2 unspecified atom stereocenters. The van der Waals surface area contributed by atoms with Crippen molar-refractivity contribution >= 4 is 24.4 Å². The number of alkyl carbamates (subject to hydrolysis) is 2. The van der Waals surface area contributed by atoms with Crippen molar-refractivity contribution in [3.05, 3.63) is 11.6 Å². The van der Waals surface area contributed by atoms with Crippen LogP contribution in [0.25, 0.3) is 0 Å². The SMILES string of the molecule is CCC(CCC(C)[C@H]1CC[C@H]2[C@@H]3CC=C4C[C@@H](OC(=O)N(CCCCN(CCCNC(=O)OC(C)(C)C)C(=O)O)CCCNC(=O)OC(C)(C)C)CC[C@]4(C)[C@H]3CC[C@]12C)C(C)C. The molecule has 4 aliphatic rings. The van der Waals surface area contributed by atoms with Gasteiger partial charge in [-0.15, -0.1) is 0 Å². The minimum Gasteiger partial charge on any atom is -0.465 e. The molecule has 3 fully saturated rings. The minimum atomic E-state index is -1.02. The quantitative estimate of drug-likeness (QED) is 0.0622. The van der Waals surface area contributed by atoms with Crippen LogP contribution in [0.5, 0.6) is 0 Å². The molecular formula is C51H90N4O8. The van der Waals surface area contributed by atoms with Gasteiger partial charge in [-0.25, -0.2) is 19.2 Å². The molecule has 0 saturated heterocycles. The summed E-state index contributed by atoms with van der Waals surface area (Å²) in [5.41, 5.74) is 0.860. The summed E-state index contributed by atoms with van der Waals surface area (Å²) in [6, 6.07) is 0. The summed E-state index contributed by atoms with van der Waals surface area (Å²) in [6.45, 7) is 27.7. The van der Waals surface area contributed by atoms with Crippen molar-refractivity contribution in [3.63, 3.8) is 0 Å². The maximum atomic E-state index is 14.0. The lowest BCUT2D eigenvalue weighted by molar-refractivity contribution is -0.0595. The van der Waals surface area contributed by atoms with E-state index in [9.17, 15) is 24.3 Å². The molecule has 3 saturated carbocycles. The average Bonchev–Trinajstić information content (AvgIpc) is 3.54. The van der Waals surface area contributed by atoms with E-state index in [0.29, 0.717) is 69.7 Å². The monoisotopic (exact) mass is 887 g/mol. The Morgan fingerprint density at radius 2 is 1.35 bits per heavy atom. The van der Waals surface area contributed by atoms with E-state index in [1.54, 1.807) is 25.7 Å². The highest BCUT2D eigenvalue weighted by molar-refractivity contribution is 5.69. The smallest absolute Gasteiger partial charge is 0.410 e. The summed E-state index contributed by atoms with van der Waals surface area (Å²) >= 11 is 0. The van der Waals surface area contributed by atoms with Crippen LogP contribution in [0.3, 0.4) is 0 Å². The number of carbonyl (C=O) groups is 4. The van der Waals surface area contributed by atoms with E-state index in [1.807, 2.05) is 20.8 Å². The summed E-state index contributed by atoms with van der Waals surface area (Å²) < 4.78 is 17.0. The van der Waals surface area contributed by atoms with E-state index in [1.165, 1.54) is 55.4 Å². The zero-order valence-electron chi connectivity index (χ0n) is 41.7. The van der Waals surface area contributed by atoms with Crippen molar-refractivity contribution in [2.45, 2.75) is 197 Å². The van der Waals surface area contributed by atoms with E-state index < -0.39 is 29.5 Å². The average molecular weight is 887 g/mol. The molecular weight excluding hydrogens is 797 g/mol. The maximum Gasteiger partial charge on any atom is 0.410 e. The first-order chi connectivity index (χ1) is 29.5. The molecule has 4 amide bonds. The predicted molar refractivity (Wildman–Crippen MR) is 251 cm³/mol. The third-order valence-electron chi connectivity index (χ3n) is 15.7. The van der Waals surface area contributed by atoms with Gasteiger partial charge in [-0.3, -0.25) is 0 Å². The molecule has 0 aromatic carbocycles. The lowest BCUT2D eigenvalue weighted by Gasteiger charge is -2.58. The van der Waals surface area contributed by atoms with Gasteiger partial charge in [-0.05, 0) is 171 Å². The number of hydrogen-bond acceptors (Lipinski definition) is 7. The second-order valence-corrected chi connectivity index (χ2v) is 22.7. The van der Waals surface area contributed by atoms with Gasteiger partial charge in [0.25, 0.3) is 0 Å². The highest BCUT2D eigenvalue weighted by Crippen LogP contribution is 2.67. The Labute approximate surface area is 382 Å². The summed E-state index contributed by atoms with van der Waals surface area (Å²) in [5.74, 6) is 5.43. The fraction of sp³-hybridized carbons (Fsp3) is 0.882. The molecule has 12 nitrogen and oxygen atoms in total. The van der Waals surface area contributed by atoms with Crippen LogP contribution >= 0.6 is 0 Å². The molecule has 63 heavy (non-hydrogen) atoms. The topological polar surface area (TPSA) is 147 Å². The number of hydrogen-bond donors (Lipinski definition) is 3. The Kier molecular flexibility index (Phi) is 19.0. The van der Waals surface area contributed by atoms with Gasteiger partial charge in [0.2, 0.25) is 0 Å². The van der Waals surface area contributed by atoms with E-state index in [-0.39, 0.29) is 24.2 Å². The highest BCUT2D eigenvalue weighted by Gasteiger charge is 2.59. The maximum absolute atomic E-state index is 14.0. The number of ether oxygens (including phenoxy) is 3. The third-order valence-corrected chi connectivity index (χ3v) is 15.7. The Hall–Kier alpha value is -3.18. The second kappa shape index (κ2) is 22.8. The molecule has 0 radical (unpaired) electrons. The zero-order valence-corrected chi connectivity index (χ0v) is 41.7. The Morgan fingerprint density at radius 1 is 0.778 bits per heavy atom. The van der Waals surface area contributed by atoms with Crippen LogP contribution in [0.4, 0.5) is 19.2 Å². The van der Waals surface area contributed by atoms with Gasteiger partial charge in [-0.2, -0.15) is 0 Å². The van der Waals surface area contributed by atoms with Crippen molar-refractivity contribution in [3.8, 4) is 0 Å². The van der Waals surface area contributed by atoms with Gasteiger partial charge in [0.1, 0.15) is 17.3 Å². The molecule has 0 heterocycles. The molecule has 0 aliphatic heterocycles. The molecule has 4 aliphatic carbocycles. The lowest BCUT2D eigenvalue weighted by Crippen LogP contribution is -2.51. The molecule has 0 aromatic heterocycles. The number of amides is 4. The second-order valence-electron chi connectivity index (χ2n) is 22.7. The van der Waals surface area contributed by atoms with Crippen LogP contribution < -0.4 is 10.6 Å². The molecule has 362 valence electrons. The van der Waals surface area contributed by atoms with E-state index in [4.69, 9.17) is 14.2 Å². The number of unbranched alkanes of at least 4 members (excludes halogenated alkanes) is 1. The Balaban J connectivity index is 1.33. The normalized spacial score (nSPS) is 27.8. The van der Waals surface area contributed by atoms with Crippen LogP contribution in [0.15, 0.2) is 11.6 Å². The van der Waals surface area contributed by atoms with Gasteiger partial charge in [0.15, 0.2) is 0 Å². The van der Waals surface area contributed by atoms with Crippen molar-refractivity contribution in [2.24, 2.45) is 52.3 Å². The van der Waals surface area contributed by atoms with E-state index in [0.717, 1.165) is 61.2 Å². The summed E-state index contributed by atoms with van der Waals surface area (Å²) in [7, 11) is 0. The van der Waals surface area contributed by atoms with Crippen LogP contribution in [0.2, 0.25) is 0 Å². The van der Waals surface area contributed by atoms with Crippen molar-refractivity contribution in [2.75, 3.05) is 39.3 Å². The van der Waals surface area contributed by atoms with Gasteiger partial charge in [0, 0.05) is 45.7 Å². The number of allylic oxidation sites excluding steroid dienone is 1. The number of nitrogens with zero attached hydrogens (tertiary/aromatic N) is 2. The van der Waals surface area contributed by atoms with Gasteiger partial charge >= 0.3 is 24.4 Å². The van der Waals surface area contributed by atoms with E-state index >= 15 is 0 Å². The Bertz CT molecular complexity index is 1540. The van der Waals surface area contributed by atoms with Gasteiger partial charge in [-0.1, -0.05) is 66.0 Å². The van der Waals surface area contributed by atoms with Crippen LogP contribution in [-0.2, 0) is 14.2 Å². The first kappa shape index (κ1) is 52.4. The molecule has 12 heteroatoms. The van der Waals surface area contributed by atoms with Gasteiger partial charge < -0.3 is 39.8 Å². The first-order valence-electron chi connectivity index (χ1n) is 25.0. The summed E-state index contributed by atoms with van der Waals surface area (Å²) in [4.78, 5) is 53.3. The first-order valence-corrected chi connectivity index (χ1v) is 25.0. The van der Waals surface area contributed by atoms with Crippen LogP contribution in [-0.4, -0.2) is 95.9 Å². The van der Waals surface area contributed by atoms with Crippen molar-refractivity contribution in [1.29, 1.82) is 0 Å². The molecule has 0 aromatic rings. The van der Waals surface area contributed by atoms with Crippen LogP contribution in [0.1, 0.15) is 179 Å². The van der Waals surface area contributed by atoms with Crippen molar-refractivity contribution in [1.82, 2.24) is 20.4 Å². The van der Waals surface area contributed by atoms with Gasteiger partial charge in [0.05, 0.1) is 0 Å². The standard InChI is InChI=1S/C51H90N4O8/c1-13-37(35(2)3)19-18-36(4)41-22-23-42-40-21-20-38-34-39(24-26-50(38,11)43(40)25-27-51(41,42)12)61-47(60)55(33-17-29-53-45(57)63-49(8,9)10)31-15-14-30-54(46(58)59)32-16-28-52-44(56)62-48(5,6)7/h20,35-37,39-43H,13-19,21-34H2,1-12H3,(H,52,56)(H,53,57)(H,58,59)/t36?,37?,39-,40-,41+,42-,43-,50-,51+/m0/s1. The number of fused-ring (bicyclic) bond motifs is 5. The number of carboxylic acid groups (broad SMARTS) is 1. The third kappa shape index (κ3) is 14.9. The largest absolute Gasteiger partial charge is 0.465 e. The fourth-order valence-electron chi connectivity index (χ4n) is 12.4. The Morgan fingerprint density at radius 3 is 1.90 bits per heavy atom. The van der Waals surface area contributed by atoms with E-state index in [2.05, 4.69) is 58.3 Å². The minimum absolute atomic E-state index is 0.150. The lowest BCUT2D eigenvalue weighted by atomic mass is 9.47. The molecule has 3 N–H and O–H groups in total. The summed E-state index contributed by atoms with van der Waals surface area (Å²) in [5, 5.41) is 15.3.